The number of hydrogen-bond donors (Lipinski definition) is 2. The van der Waals surface area contributed by atoms with Gasteiger partial charge in [0.05, 0.1) is 5.60 Å². The van der Waals surface area contributed by atoms with Crippen LogP contribution in [0.4, 0.5) is 5.13 Å². The van der Waals surface area contributed by atoms with Crippen molar-refractivity contribution in [3.8, 4) is 5.82 Å². The van der Waals surface area contributed by atoms with Crippen LogP contribution in [0.2, 0.25) is 0 Å². The van der Waals surface area contributed by atoms with Crippen LogP contribution in [0.25, 0.3) is 16.2 Å². The number of thiazole rings is 1. The topological polar surface area (TPSA) is 92.9 Å². The smallest absolute Gasteiger partial charge is 0.257 e. The number of pyridine rings is 1. The zero-order valence-corrected chi connectivity index (χ0v) is 15.6. The van der Waals surface area contributed by atoms with Gasteiger partial charge >= 0.3 is 0 Å². The van der Waals surface area contributed by atoms with Gasteiger partial charge in [-0.2, -0.15) is 0 Å². The second kappa shape index (κ2) is 6.57. The number of nitrogens with one attached hydrogen (secondary N) is 1. The standard InChI is InChI=1S/C19H17N5O2S/c1-19(2,26)13-5-3-12(4-6-13)16(25)23-18-21-14-7-8-15(22-17(14)27-18)24-10-9-20-11-24/h3-11,26H,1-2H3,(H,21,23,25). The molecule has 0 unspecified atom stereocenters. The summed E-state index contributed by atoms with van der Waals surface area (Å²) in [4.78, 5) is 26.2. The number of nitrogens with zero attached hydrogens (tertiary/aromatic N) is 4. The van der Waals surface area contributed by atoms with Crippen molar-refractivity contribution in [1.82, 2.24) is 19.5 Å². The number of fused-ring (bicyclic) bond motifs is 1. The number of rotatable bonds is 4. The molecule has 0 atom stereocenters. The lowest BCUT2D eigenvalue weighted by Gasteiger charge is -2.17. The van der Waals surface area contributed by atoms with E-state index in [0.29, 0.717) is 10.7 Å². The van der Waals surface area contributed by atoms with Crippen LogP contribution in [0.1, 0.15) is 29.8 Å². The highest BCUT2D eigenvalue weighted by molar-refractivity contribution is 7.22. The van der Waals surface area contributed by atoms with E-state index in [2.05, 4.69) is 20.3 Å². The molecular weight excluding hydrogens is 362 g/mol. The van der Waals surface area contributed by atoms with Gasteiger partial charge in [0.1, 0.15) is 22.5 Å². The first kappa shape index (κ1) is 17.3. The molecular formula is C19H17N5O2S. The van der Waals surface area contributed by atoms with Crippen LogP contribution < -0.4 is 5.32 Å². The molecule has 7 nitrogen and oxygen atoms in total. The van der Waals surface area contributed by atoms with E-state index in [1.807, 2.05) is 22.9 Å². The Bertz CT molecular complexity index is 1100. The van der Waals surface area contributed by atoms with Crippen molar-refractivity contribution in [2.45, 2.75) is 19.4 Å². The van der Waals surface area contributed by atoms with Crippen LogP contribution in [-0.2, 0) is 5.60 Å². The molecule has 0 fully saturated rings. The first-order valence-corrected chi connectivity index (χ1v) is 9.12. The van der Waals surface area contributed by atoms with Gasteiger partial charge in [-0.25, -0.2) is 15.0 Å². The second-order valence-electron chi connectivity index (χ2n) is 6.57. The van der Waals surface area contributed by atoms with Crippen molar-refractivity contribution in [2.24, 2.45) is 0 Å². The fourth-order valence-corrected chi connectivity index (χ4v) is 3.43. The minimum Gasteiger partial charge on any atom is -0.386 e. The summed E-state index contributed by atoms with van der Waals surface area (Å²) in [6.07, 6.45) is 5.18. The van der Waals surface area contributed by atoms with E-state index in [-0.39, 0.29) is 5.91 Å². The normalized spacial score (nSPS) is 11.7. The average molecular weight is 379 g/mol. The Kier molecular flexibility index (Phi) is 4.21. The third kappa shape index (κ3) is 3.57. The zero-order valence-electron chi connectivity index (χ0n) is 14.7. The first-order valence-electron chi connectivity index (χ1n) is 8.30. The summed E-state index contributed by atoms with van der Waals surface area (Å²) in [5.74, 6) is 0.481. The van der Waals surface area contributed by atoms with E-state index in [0.717, 1.165) is 21.7 Å². The lowest BCUT2D eigenvalue weighted by molar-refractivity contribution is 0.0785. The highest BCUT2D eigenvalue weighted by Gasteiger charge is 2.17. The van der Waals surface area contributed by atoms with Crippen molar-refractivity contribution < 1.29 is 9.90 Å². The Hall–Kier alpha value is -3.10. The van der Waals surface area contributed by atoms with Gasteiger partial charge < -0.3 is 5.11 Å². The molecule has 1 amide bonds. The third-order valence-corrected chi connectivity index (χ3v) is 4.96. The van der Waals surface area contributed by atoms with Crippen LogP contribution in [0.5, 0.6) is 0 Å². The quantitative estimate of drug-likeness (QED) is 0.567. The van der Waals surface area contributed by atoms with Crippen molar-refractivity contribution in [2.75, 3.05) is 5.32 Å². The zero-order chi connectivity index (χ0) is 19.0. The predicted molar refractivity (Wildman–Crippen MR) is 104 cm³/mol. The van der Waals surface area contributed by atoms with Crippen LogP contribution in [0.3, 0.4) is 0 Å². The van der Waals surface area contributed by atoms with Gasteiger partial charge in [0.15, 0.2) is 5.13 Å². The maximum absolute atomic E-state index is 12.5. The number of aliphatic hydroxyl groups is 1. The van der Waals surface area contributed by atoms with Gasteiger partial charge in [-0.15, -0.1) is 0 Å². The highest BCUT2D eigenvalue weighted by atomic mass is 32.1. The summed E-state index contributed by atoms with van der Waals surface area (Å²) < 4.78 is 1.81. The number of benzene rings is 1. The lowest BCUT2D eigenvalue weighted by atomic mass is 9.97. The number of amides is 1. The molecule has 4 aromatic rings. The van der Waals surface area contributed by atoms with Crippen molar-refractivity contribution in [3.63, 3.8) is 0 Å². The Morgan fingerprint density at radius 3 is 2.59 bits per heavy atom. The van der Waals surface area contributed by atoms with E-state index in [1.54, 1.807) is 50.6 Å². The second-order valence-corrected chi connectivity index (χ2v) is 7.55. The molecule has 0 aliphatic rings. The summed E-state index contributed by atoms with van der Waals surface area (Å²) in [6.45, 7) is 3.41. The van der Waals surface area contributed by atoms with Crippen LogP contribution in [-0.4, -0.2) is 30.5 Å². The molecule has 0 aliphatic heterocycles. The summed E-state index contributed by atoms with van der Waals surface area (Å²) in [6, 6.07) is 10.6. The molecule has 8 heteroatoms. The molecule has 0 saturated carbocycles. The monoisotopic (exact) mass is 379 g/mol. The van der Waals surface area contributed by atoms with Crippen LogP contribution >= 0.6 is 11.3 Å². The number of aromatic nitrogens is 4. The molecule has 3 aromatic heterocycles. The maximum Gasteiger partial charge on any atom is 0.257 e. The number of carbonyl (C=O) groups is 1. The van der Waals surface area contributed by atoms with Crippen molar-refractivity contribution in [3.05, 3.63) is 66.2 Å². The Morgan fingerprint density at radius 1 is 1.15 bits per heavy atom. The molecule has 1 aromatic carbocycles. The number of hydrogen-bond acceptors (Lipinski definition) is 6. The summed E-state index contributed by atoms with van der Waals surface area (Å²) in [7, 11) is 0. The summed E-state index contributed by atoms with van der Waals surface area (Å²) in [5.41, 5.74) is 1.02. The minimum atomic E-state index is -0.944. The van der Waals surface area contributed by atoms with Crippen LogP contribution in [0.15, 0.2) is 55.1 Å². The van der Waals surface area contributed by atoms with Gasteiger partial charge in [0.25, 0.3) is 5.91 Å². The predicted octanol–water partition coefficient (Wildman–Crippen LogP) is 3.36. The average Bonchev–Trinajstić information content (AvgIpc) is 3.29. The minimum absolute atomic E-state index is 0.258. The molecule has 0 radical (unpaired) electrons. The lowest BCUT2D eigenvalue weighted by Crippen LogP contribution is -2.16. The molecule has 0 bridgehead atoms. The molecule has 136 valence electrons. The molecule has 0 spiro atoms. The Balaban J connectivity index is 1.55. The van der Waals surface area contributed by atoms with Gasteiger partial charge in [-0.1, -0.05) is 23.5 Å². The molecule has 0 aliphatic carbocycles. The van der Waals surface area contributed by atoms with E-state index in [1.165, 1.54) is 11.3 Å². The number of imidazole rings is 1. The molecule has 2 N–H and O–H groups in total. The Labute approximate surface area is 159 Å². The van der Waals surface area contributed by atoms with E-state index in [9.17, 15) is 9.90 Å². The fourth-order valence-electron chi connectivity index (χ4n) is 2.60. The van der Waals surface area contributed by atoms with Gasteiger partial charge in [-0.05, 0) is 43.7 Å². The summed E-state index contributed by atoms with van der Waals surface area (Å²) in [5, 5.41) is 13.3. The third-order valence-electron chi connectivity index (χ3n) is 4.08. The van der Waals surface area contributed by atoms with Crippen LogP contribution in [0, 0.1) is 0 Å². The maximum atomic E-state index is 12.5. The fraction of sp³-hybridized carbons (Fsp3) is 0.158. The van der Waals surface area contributed by atoms with Gasteiger partial charge in [-0.3, -0.25) is 14.7 Å². The molecule has 0 saturated heterocycles. The number of carbonyl (C=O) groups excluding carboxylic acids is 1. The molecule has 4 rings (SSSR count). The van der Waals surface area contributed by atoms with Crippen molar-refractivity contribution in [1.29, 1.82) is 0 Å². The number of anilines is 1. The van der Waals surface area contributed by atoms with E-state index >= 15 is 0 Å². The highest BCUT2D eigenvalue weighted by Crippen LogP contribution is 2.26. The Morgan fingerprint density at radius 2 is 1.93 bits per heavy atom. The van der Waals surface area contributed by atoms with Crippen molar-refractivity contribution >= 4 is 32.7 Å². The van der Waals surface area contributed by atoms with E-state index in [4.69, 9.17) is 0 Å². The van der Waals surface area contributed by atoms with Gasteiger partial charge in [0.2, 0.25) is 0 Å². The van der Waals surface area contributed by atoms with Gasteiger partial charge in [0, 0.05) is 18.0 Å². The molecule has 27 heavy (non-hydrogen) atoms. The SMILES string of the molecule is CC(C)(O)c1ccc(C(=O)Nc2nc3ccc(-n4ccnc4)nc3s2)cc1. The summed E-state index contributed by atoms with van der Waals surface area (Å²) >= 11 is 1.31. The first-order chi connectivity index (χ1) is 12.9. The van der Waals surface area contributed by atoms with E-state index < -0.39 is 5.60 Å². The molecule has 3 heterocycles. The largest absolute Gasteiger partial charge is 0.386 e.